The van der Waals surface area contributed by atoms with E-state index in [0.717, 1.165) is 17.1 Å². The first-order chi connectivity index (χ1) is 10.2. The van der Waals surface area contributed by atoms with Gasteiger partial charge in [0, 0.05) is 6.04 Å². The van der Waals surface area contributed by atoms with Crippen molar-refractivity contribution >= 4 is 6.09 Å². The Hall–Kier alpha value is -2.53. The van der Waals surface area contributed by atoms with Crippen LogP contribution >= 0.6 is 0 Å². The minimum atomic E-state index is -0.522. The number of para-hydroxylation sites is 1. The van der Waals surface area contributed by atoms with Gasteiger partial charge in [-0.3, -0.25) is 5.43 Å². The molecule has 5 heteroatoms. The zero-order chi connectivity index (χ0) is 15.1. The topological polar surface area (TPSA) is 59.6 Å². The maximum absolute atomic E-state index is 11.0. The van der Waals surface area contributed by atoms with E-state index in [4.69, 9.17) is 4.74 Å². The molecular formula is C16H18N2O3. The highest BCUT2D eigenvalue weighted by atomic mass is 16.5. The van der Waals surface area contributed by atoms with Crippen LogP contribution in [-0.2, 0) is 4.74 Å². The van der Waals surface area contributed by atoms with Crippen molar-refractivity contribution in [2.24, 2.45) is 0 Å². The number of ether oxygens (including phenoxy) is 2. The van der Waals surface area contributed by atoms with Crippen molar-refractivity contribution < 1.29 is 14.3 Å². The molecular weight excluding hydrogens is 268 g/mol. The Balaban J connectivity index is 1.93. The highest BCUT2D eigenvalue weighted by molar-refractivity contribution is 5.66. The lowest BCUT2D eigenvalue weighted by atomic mass is 10.1. The number of carbonyl (C=O) groups excluding carboxylic acids is 1. The van der Waals surface area contributed by atoms with Crippen LogP contribution in [0, 0.1) is 0 Å². The Morgan fingerprint density at radius 2 is 1.62 bits per heavy atom. The lowest BCUT2D eigenvalue weighted by Crippen LogP contribution is -2.38. The number of carbonyl (C=O) groups is 1. The summed E-state index contributed by atoms with van der Waals surface area (Å²) in [6.07, 6.45) is -0.522. The molecule has 0 bridgehead atoms. The number of methoxy groups -OCH3 is 1. The lowest BCUT2D eigenvalue weighted by molar-refractivity contribution is 0.163. The largest absolute Gasteiger partial charge is 0.457 e. The molecule has 2 N–H and O–H groups in total. The first kappa shape index (κ1) is 14.9. The van der Waals surface area contributed by atoms with Crippen LogP contribution in [0.5, 0.6) is 11.5 Å². The van der Waals surface area contributed by atoms with Crippen LogP contribution in [0.1, 0.15) is 18.5 Å². The minimum absolute atomic E-state index is 0.0464. The lowest BCUT2D eigenvalue weighted by Gasteiger charge is -2.15. The summed E-state index contributed by atoms with van der Waals surface area (Å²) < 4.78 is 10.2. The maximum Gasteiger partial charge on any atom is 0.421 e. The van der Waals surface area contributed by atoms with Gasteiger partial charge in [0.1, 0.15) is 11.5 Å². The molecule has 0 heterocycles. The van der Waals surface area contributed by atoms with Crippen molar-refractivity contribution in [3.63, 3.8) is 0 Å². The van der Waals surface area contributed by atoms with Gasteiger partial charge in [-0.1, -0.05) is 30.3 Å². The second-order valence-corrected chi connectivity index (χ2v) is 4.47. The normalized spacial score (nSPS) is 11.5. The summed E-state index contributed by atoms with van der Waals surface area (Å²) in [5.41, 5.74) is 6.32. The third-order valence-corrected chi connectivity index (χ3v) is 2.94. The number of hydrogen-bond donors (Lipinski definition) is 2. The molecule has 5 nitrogen and oxygen atoms in total. The van der Waals surface area contributed by atoms with Crippen molar-refractivity contribution in [2.75, 3.05) is 7.11 Å². The first-order valence-electron chi connectivity index (χ1n) is 6.61. The fourth-order valence-electron chi connectivity index (χ4n) is 1.75. The molecule has 1 amide bonds. The Morgan fingerprint density at radius 1 is 1.00 bits per heavy atom. The first-order valence-corrected chi connectivity index (χ1v) is 6.61. The molecule has 0 saturated heterocycles. The molecule has 1 unspecified atom stereocenters. The van der Waals surface area contributed by atoms with E-state index in [1.54, 1.807) is 0 Å². The summed E-state index contributed by atoms with van der Waals surface area (Å²) in [7, 11) is 1.32. The number of rotatable bonds is 5. The summed E-state index contributed by atoms with van der Waals surface area (Å²) in [5.74, 6) is 1.56. The fourth-order valence-corrected chi connectivity index (χ4v) is 1.75. The number of hydrogen-bond acceptors (Lipinski definition) is 4. The molecule has 0 aromatic heterocycles. The molecule has 110 valence electrons. The van der Waals surface area contributed by atoms with E-state index in [1.165, 1.54) is 7.11 Å². The van der Waals surface area contributed by atoms with Crippen molar-refractivity contribution in [3.8, 4) is 11.5 Å². The standard InChI is InChI=1S/C16H18N2O3/c1-12(17-18-16(19)20-2)13-8-10-15(11-9-13)21-14-6-4-3-5-7-14/h3-12,17H,1-2H3,(H,18,19). The minimum Gasteiger partial charge on any atom is -0.457 e. The molecule has 0 aliphatic carbocycles. The smallest absolute Gasteiger partial charge is 0.421 e. The van der Waals surface area contributed by atoms with Crippen molar-refractivity contribution in [1.29, 1.82) is 0 Å². The van der Waals surface area contributed by atoms with E-state index in [1.807, 2.05) is 61.5 Å². The summed E-state index contributed by atoms with van der Waals surface area (Å²) in [4.78, 5) is 11.0. The van der Waals surface area contributed by atoms with E-state index in [-0.39, 0.29) is 6.04 Å². The Kier molecular flexibility index (Phi) is 5.17. The van der Waals surface area contributed by atoms with Gasteiger partial charge in [0.05, 0.1) is 7.11 Å². The Labute approximate surface area is 123 Å². The van der Waals surface area contributed by atoms with Crippen LogP contribution < -0.4 is 15.6 Å². The predicted molar refractivity (Wildman–Crippen MR) is 80.0 cm³/mol. The van der Waals surface area contributed by atoms with Crippen LogP contribution in [0.15, 0.2) is 54.6 Å². The molecule has 1 atom stereocenters. The second kappa shape index (κ2) is 7.31. The molecule has 0 saturated carbocycles. The molecule has 2 aromatic rings. The van der Waals surface area contributed by atoms with Gasteiger partial charge in [-0.2, -0.15) is 0 Å². The monoisotopic (exact) mass is 286 g/mol. The summed E-state index contributed by atoms with van der Waals surface area (Å²) >= 11 is 0. The van der Waals surface area contributed by atoms with Gasteiger partial charge in [0.15, 0.2) is 0 Å². The molecule has 0 fully saturated rings. The van der Waals surface area contributed by atoms with Gasteiger partial charge in [0.2, 0.25) is 0 Å². The van der Waals surface area contributed by atoms with Gasteiger partial charge in [0.25, 0.3) is 0 Å². The average Bonchev–Trinajstić information content (AvgIpc) is 2.54. The highest BCUT2D eigenvalue weighted by Crippen LogP contribution is 2.22. The summed E-state index contributed by atoms with van der Waals surface area (Å²) in [6, 6.07) is 17.2. The van der Waals surface area contributed by atoms with Crippen molar-refractivity contribution in [1.82, 2.24) is 10.9 Å². The van der Waals surface area contributed by atoms with Crippen LogP contribution in [0.4, 0.5) is 4.79 Å². The fraction of sp³-hybridized carbons (Fsp3) is 0.188. The van der Waals surface area contributed by atoms with E-state index < -0.39 is 6.09 Å². The van der Waals surface area contributed by atoms with Crippen molar-refractivity contribution in [2.45, 2.75) is 13.0 Å². The Morgan fingerprint density at radius 3 is 2.24 bits per heavy atom. The summed E-state index contributed by atoms with van der Waals surface area (Å²) in [5, 5.41) is 0. The molecule has 0 spiro atoms. The van der Waals surface area contributed by atoms with E-state index >= 15 is 0 Å². The molecule has 2 aromatic carbocycles. The third kappa shape index (κ3) is 4.50. The average molecular weight is 286 g/mol. The highest BCUT2D eigenvalue weighted by Gasteiger charge is 2.07. The van der Waals surface area contributed by atoms with Gasteiger partial charge in [-0.05, 0) is 36.8 Å². The molecule has 0 aliphatic heterocycles. The van der Waals surface area contributed by atoms with Crippen LogP contribution in [0.3, 0.4) is 0 Å². The van der Waals surface area contributed by atoms with Crippen LogP contribution in [-0.4, -0.2) is 13.2 Å². The SMILES string of the molecule is COC(=O)NNC(C)c1ccc(Oc2ccccc2)cc1. The van der Waals surface area contributed by atoms with Crippen molar-refractivity contribution in [3.05, 3.63) is 60.2 Å². The zero-order valence-corrected chi connectivity index (χ0v) is 12.0. The summed E-state index contributed by atoms with van der Waals surface area (Å²) in [6.45, 7) is 1.93. The Bertz CT molecular complexity index is 570. The van der Waals surface area contributed by atoms with E-state index in [0.29, 0.717) is 0 Å². The van der Waals surface area contributed by atoms with Gasteiger partial charge in [-0.25, -0.2) is 10.2 Å². The van der Waals surface area contributed by atoms with Crippen LogP contribution in [0.25, 0.3) is 0 Å². The molecule has 21 heavy (non-hydrogen) atoms. The molecule has 0 radical (unpaired) electrons. The number of nitrogens with one attached hydrogen (secondary N) is 2. The third-order valence-electron chi connectivity index (χ3n) is 2.94. The van der Waals surface area contributed by atoms with Crippen LogP contribution in [0.2, 0.25) is 0 Å². The second-order valence-electron chi connectivity index (χ2n) is 4.47. The van der Waals surface area contributed by atoms with Gasteiger partial charge in [-0.15, -0.1) is 0 Å². The maximum atomic E-state index is 11.0. The molecule has 0 aliphatic rings. The number of hydrazine groups is 1. The van der Waals surface area contributed by atoms with Gasteiger partial charge < -0.3 is 9.47 Å². The van der Waals surface area contributed by atoms with E-state index in [9.17, 15) is 4.79 Å². The van der Waals surface area contributed by atoms with Gasteiger partial charge >= 0.3 is 6.09 Å². The number of benzene rings is 2. The molecule has 2 rings (SSSR count). The number of amides is 1. The zero-order valence-electron chi connectivity index (χ0n) is 12.0. The van der Waals surface area contributed by atoms with E-state index in [2.05, 4.69) is 15.6 Å². The predicted octanol–water partition coefficient (Wildman–Crippen LogP) is 3.40. The quantitative estimate of drug-likeness (QED) is 0.827.